The first-order chi connectivity index (χ1) is 15.8. The molecule has 6 nitrogen and oxygen atoms in total. The third-order valence-corrected chi connectivity index (χ3v) is 5.60. The van der Waals surface area contributed by atoms with Crippen molar-refractivity contribution in [3.63, 3.8) is 0 Å². The lowest BCUT2D eigenvalue weighted by atomic mass is 10.1. The van der Waals surface area contributed by atoms with E-state index in [-0.39, 0.29) is 30.4 Å². The summed E-state index contributed by atoms with van der Waals surface area (Å²) in [6.07, 6.45) is -0.789. The summed E-state index contributed by atoms with van der Waals surface area (Å²) >= 11 is 0. The number of para-hydroxylation sites is 1. The zero-order valence-corrected chi connectivity index (χ0v) is 19.7. The number of benzene rings is 2. The Morgan fingerprint density at radius 1 is 1.24 bits per heavy atom. The molecule has 1 N–H and O–H groups in total. The van der Waals surface area contributed by atoms with Crippen LogP contribution >= 0.6 is 0 Å². The van der Waals surface area contributed by atoms with Crippen LogP contribution in [0.4, 0.5) is 4.39 Å². The highest BCUT2D eigenvalue weighted by Gasteiger charge is 2.27. The Morgan fingerprint density at radius 3 is 2.67 bits per heavy atom. The summed E-state index contributed by atoms with van der Waals surface area (Å²) in [7, 11) is 0. The van der Waals surface area contributed by atoms with Gasteiger partial charge in [0.1, 0.15) is 24.3 Å². The number of morpholine rings is 1. The molecule has 1 aliphatic rings. The van der Waals surface area contributed by atoms with Crippen LogP contribution in [-0.4, -0.2) is 79.0 Å². The number of aliphatic hydroxyl groups excluding tert-OH is 1. The van der Waals surface area contributed by atoms with Crippen LogP contribution in [0.1, 0.15) is 29.8 Å². The Balaban J connectivity index is 1.54. The van der Waals surface area contributed by atoms with Gasteiger partial charge in [0.15, 0.2) is 0 Å². The minimum absolute atomic E-state index is 0.129. The number of amides is 1. The standard InChI is InChI=1S/C26H35FN2O4/c1-19(2)14-29(26(31)21-8-10-22(27)11-9-21)17-24-16-28(12-13-32-24)15-23(30)18-33-25-7-5-4-6-20(25)3/h4-11,19,23-24,30H,12-18H2,1-3H3. The van der Waals surface area contributed by atoms with Gasteiger partial charge in [0.25, 0.3) is 5.91 Å². The number of hydrogen-bond acceptors (Lipinski definition) is 5. The zero-order chi connectivity index (χ0) is 23.8. The fourth-order valence-electron chi connectivity index (χ4n) is 4.01. The van der Waals surface area contributed by atoms with Crippen molar-refractivity contribution < 1.29 is 23.8 Å². The van der Waals surface area contributed by atoms with E-state index in [0.29, 0.717) is 44.9 Å². The summed E-state index contributed by atoms with van der Waals surface area (Å²) < 4.78 is 25.0. The molecule has 1 aliphatic heterocycles. The molecule has 0 aromatic heterocycles. The van der Waals surface area contributed by atoms with E-state index in [1.165, 1.54) is 24.3 Å². The second-order valence-corrected chi connectivity index (χ2v) is 9.09. The lowest BCUT2D eigenvalue weighted by Crippen LogP contribution is -2.51. The molecule has 2 unspecified atom stereocenters. The second-order valence-electron chi connectivity index (χ2n) is 9.09. The van der Waals surface area contributed by atoms with E-state index in [9.17, 15) is 14.3 Å². The molecule has 1 fully saturated rings. The number of carbonyl (C=O) groups excluding carboxylic acids is 1. The van der Waals surface area contributed by atoms with E-state index in [1.54, 1.807) is 4.90 Å². The average molecular weight is 459 g/mol. The van der Waals surface area contributed by atoms with Crippen molar-refractivity contribution in [1.29, 1.82) is 0 Å². The van der Waals surface area contributed by atoms with Crippen molar-refractivity contribution in [2.45, 2.75) is 33.0 Å². The van der Waals surface area contributed by atoms with Crippen molar-refractivity contribution in [3.8, 4) is 5.75 Å². The van der Waals surface area contributed by atoms with E-state index in [2.05, 4.69) is 18.7 Å². The minimum atomic E-state index is -0.629. The van der Waals surface area contributed by atoms with Gasteiger partial charge >= 0.3 is 0 Å². The van der Waals surface area contributed by atoms with Crippen LogP contribution in [0.15, 0.2) is 48.5 Å². The van der Waals surface area contributed by atoms with Crippen molar-refractivity contribution >= 4 is 5.91 Å². The van der Waals surface area contributed by atoms with E-state index in [4.69, 9.17) is 9.47 Å². The predicted octanol–water partition coefficient (Wildman–Crippen LogP) is 3.37. The zero-order valence-electron chi connectivity index (χ0n) is 19.7. The lowest BCUT2D eigenvalue weighted by Gasteiger charge is -2.37. The molecule has 0 saturated carbocycles. The van der Waals surface area contributed by atoms with Crippen LogP contribution in [-0.2, 0) is 4.74 Å². The summed E-state index contributed by atoms with van der Waals surface area (Å²) in [5, 5.41) is 10.5. The molecular weight excluding hydrogens is 423 g/mol. The first-order valence-corrected chi connectivity index (χ1v) is 11.6. The van der Waals surface area contributed by atoms with Crippen molar-refractivity contribution in [2.75, 3.05) is 45.9 Å². The minimum Gasteiger partial charge on any atom is -0.491 e. The van der Waals surface area contributed by atoms with Gasteiger partial charge in [-0.3, -0.25) is 9.69 Å². The van der Waals surface area contributed by atoms with Gasteiger partial charge < -0.3 is 19.5 Å². The monoisotopic (exact) mass is 458 g/mol. The molecule has 180 valence electrons. The van der Waals surface area contributed by atoms with Crippen LogP contribution in [0.2, 0.25) is 0 Å². The molecule has 1 heterocycles. The van der Waals surface area contributed by atoms with E-state index in [0.717, 1.165) is 11.3 Å². The first-order valence-electron chi connectivity index (χ1n) is 11.6. The highest BCUT2D eigenvalue weighted by molar-refractivity contribution is 5.94. The maximum absolute atomic E-state index is 13.3. The normalized spacial score (nSPS) is 17.7. The van der Waals surface area contributed by atoms with Gasteiger partial charge in [-0.05, 0) is 48.7 Å². The molecule has 1 saturated heterocycles. The van der Waals surface area contributed by atoms with Gasteiger partial charge in [-0.2, -0.15) is 0 Å². The number of halogens is 1. The molecule has 2 atom stereocenters. The third-order valence-electron chi connectivity index (χ3n) is 5.60. The highest BCUT2D eigenvalue weighted by atomic mass is 19.1. The number of aliphatic hydroxyl groups is 1. The molecule has 1 amide bonds. The maximum Gasteiger partial charge on any atom is 0.253 e. The van der Waals surface area contributed by atoms with Crippen molar-refractivity contribution in [3.05, 3.63) is 65.5 Å². The lowest BCUT2D eigenvalue weighted by molar-refractivity contribution is -0.0542. The predicted molar refractivity (Wildman–Crippen MR) is 126 cm³/mol. The van der Waals surface area contributed by atoms with Gasteiger partial charge in [0.05, 0.1) is 12.7 Å². The highest BCUT2D eigenvalue weighted by Crippen LogP contribution is 2.17. The van der Waals surface area contributed by atoms with Crippen LogP contribution in [0.3, 0.4) is 0 Å². The topological polar surface area (TPSA) is 62.2 Å². The molecule has 2 aromatic carbocycles. The van der Waals surface area contributed by atoms with Gasteiger partial charge in [0, 0.05) is 38.3 Å². The molecule has 3 rings (SSSR count). The molecule has 2 aromatic rings. The summed E-state index contributed by atoms with van der Waals surface area (Å²) in [5.74, 6) is 0.573. The molecule has 0 spiro atoms. The van der Waals surface area contributed by atoms with Gasteiger partial charge in [-0.1, -0.05) is 32.0 Å². The second kappa shape index (κ2) is 12.1. The molecule has 0 radical (unpaired) electrons. The average Bonchev–Trinajstić information content (AvgIpc) is 2.78. The number of aryl methyl sites for hydroxylation is 1. The Hall–Kier alpha value is -2.48. The molecule has 33 heavy (non-hydrogen) atoms. The summed E-state index contributed by atoms with van der Waals surface area (Å²) in [4.78, 5) is 17.0. The van der Waals surface area contributed by atoms with E-state index >= 15 is 0 Å². The number of hydrogen-bond donors (Lipinski definition) is 1. The van der Waals surface area contributed by atoms with Crippen molar-refractivity contribution in [2.24, 2.45) is 5.92 Å². The quantitative estimate of drug-likeness (QED) is 0.592. The molecular formula is C26H35FN2O4. The SMILES string of the molecule is Cc1ccccc1OCC(O)CN1CCOC(CN(CC(C)C)C(=O)c2ccc(F)cc2)C1. The molecule has 7 heteroatoms. The van der Waals surface area contributed by atoms with Crippen molar-refractivity contribution in [1.82, 2.24) is 9.80 Å². The van der Waals surface area contributed by atoms with Gasteiger partial charge in [-0.15, -0.1) is 0 Å². The Bertz CT molecular complexity index is 890. The van der Waals surface area contributed by atoms with Crippen LogP contribution in [0.5, 0.6) is 5.75 Å². The Kier molecular flexibility index (Phi) is 9.23. The summed E-state index contributed by atoms with van der Waals surface area (Å²) in [5.41, 5.74) is 1.50. The number of ether oxygens (including phenoxy) is 2. The number of β-amino-alcohol motifs (C(OH)–C–C–N with tert-alkyl or cyclic N) is 1. The largest absolute Gasteiger partial charge is 0.491 e. The van der Waals surface area contributed by atoms with E-state index in [1.807, 2.05) is 31.2 Å². The number of carbonyl (C=O) groups is 1. The van der Waals surface area contributed by atoms with Crippen LogP contribution < -0.4 is 4.74 Å². The molecule has 0 aliphatic carbocycles. The summed E-state index contributed by atoms with van der Waals surface area (Å²) in [6, 6.07) is 13.4. The Morgan fingerprint density at radius 2 is 1.97 bits per heavy atom. The first kappa shape index (κ1) is 25.1. The fourth-order valence-corrected chi connectivity index (χ4v) is 4.01. The summed E-state index contributed by atoms with van der Waals surface area (Å²) in [6.45, 7) is 9.69. The van der Waals surface area contributed by atoms with E-state index < -0.39 is 6.10 Å². The molecule has 0 bridgehead atoms. The third kappa shape index (κ3) is 7.81. The fraction of sp³-hybridized carbons (Fsp3) is 0.500. The van der Waals surface area contributed by atoms with Crippen LogP contribution in [0.25, 0.3) is 0 Å². The smallest absolute Gasteiger partial charge is 0.253 e. The Labute approximate surface area is 195 Å². The number of nitrogens with zero attached hydrogens (tertiary/aromatic N) is 2. The maximum atomic E-state index is 13.3. The van der Waals surface area contributed by atoms with Gasteiger partial charge in [-0.25, -0.2) is 4.39 Å². The number of rotatable bonds is 10. The van der Waals surface area contributed by atoms with Gasteiger partial charge in [0.2, 0.25) is 0 Å². The van der Waals surface area contributed by atoms with Crippen LogP contribution in [0, 0.1) is 18.7 Å².